The van der Waals surface area contributed by atoms with Gasteiger partial charge >= 0.3 is 5.71 Å². The third-order valence-corrected chi connectivity index (χ3v) is 4.44. The van der Waals surface area contributed by atoms with Gasteiger partial charge in [-0.25, -0.2) is 4.68 Å². The van der Waals surface area contributed by atoms with Crippen molar-refractivity contribution in [1.82, 2.24) is 15.0 Å². The highest BCUT2D eigenvalue weighted by molar-refractivity contribution is 6.12. The fourth-order valence-electron chi connectivity index (χ4n) is 3.10. The van der Waals surface area contributed by atoms with E-state index in [1.807, 2.05) is 91.9 Å². The second kappa shape index (κ2) is 7.20. The molecule has 0 aliphatic carbocycles. The maximum absolute atomic E-state index is 9.94. The number of aryl methyl sites for hydroxylation is 1. The summed E-state index contributed by atoms with van der Waals surface area (Å²) in [5.74, 6) is 0. The number of para-hydroxylation sites is 1. The van der Waals surface area contributed by atoms with Crippen LogP contribution in [0.4, 0.5) is 0 Å². The molecule has 0 spiro atoms. The molecule has 27 heavy (non-hydrogen) atoms. The van der Waals surface area contributed by atoms with Gasteiger partial charge in [-0.05, 0) is 30.7 Å². The van der Waals surface area contributed by atoms with E-state index < -0.39 is 0 Å². The molecule has 0 N–H and O–H groups in total. The first kappa shape index (κ1) is 16.6. The van der Waals surface area contributed by atoms with E-state index in [0.717, 1.165) is 22.4 Å². The van der Waals surface area contributed by atoms with E-state index in [1.54, 1.807) is 4.68 Å². The van der Waals surface area contributed by atoms with E-state index in [-0.39, 0.29) is 0 Å². The highest BCUT2D eigenvalue weighted by atomic mass is 15.4. The number of nitrogens with zero attached hydrogens (tertiary/aromatic N) is 5. The first-order valence-electron chi connectivity index (χ1n) is 8.64. The first-order valence-corrected chi connectivity index (χ1v) is 8.64. The zero-order chi connectivity index (χ0) is 18.6. The molecule has 3 aromatic carbocycles. The van der Waals surface area contributed by atoms with E-state index >= 15 is 0 Å². The summed E-state index contributed by atoms with van der Waals surface area (Å²) in [5, 5.41) is 8.77. The molecule has 4 aromatic rings. The topological polar surface area (TPSA) is 67.1 Å². The molecule has 5 heteroatoms. The summed E-state index contributed by atoms with van der Waals surface area (Å²) in [6, 6.07) is 27.3. The van der Waals surface area contributed by atoms with Crippen LogP contribution < -0.4 is 0 Å². The molecule has 0 saturated heterocycles. The predicted octanol–water partition coefficient (Wildman–Crippen LogP) is 4.31. The monoisotopic (exact) mass is 351 g/mol. The summed E-state index contributed by atoms with van der Waals surface area (Å²) in [5.41, 5.74) is 15.3. The Morgan fingerprint density at radius 2 is 1.48 bits per heavy atom. The Bertz CT molecular complexity index is 1070. The third kappa shape index (κ3) is 3.08. The normalized spacial score (nSPS) is 10.4. The molecule has 0 bridgehead atoms. The average molecular weight is 351 g/mol. The minimum absolute atomic E-state index is 0.431. The fraction of sp³-hybridized carbons (Fsp3) is 0.0455. The molecule has 0 atom stereocenters. The lowest BCUT2D eigenvalue weighted by molar-refractivity contribution is -0.00329. The number of aromatic nitrogens is 3. The van der Waals surface area contributed by atoms with Crippen molar-refractivity contribution in [3.63, 3.8) is 0 Å². The number of hydrogen-bond acceptors (Lipinski definition) is 2. The van der Waals surface area contributed by atoms with E-state index in [4.69, 9.17) is 0 Å². The van der Waals surface area contributed by atoms with Crippen LogP contribution in [-0.2, 0) is 0 Å². The van der Waals surface area contributed by atoms with Gasteiger partial charge in [0.05, 0.1) is 11.3 Å². The van der Waals surface area contributed by atoms with Crippen molar-refractivity contribution in [2.24, 2.45) is 0 Å². The minimum Gasteiger partial charge on any atom is -0.361 e. The molecule has 0 unspecified atom stereocenters. The zero-order valence-corrected chi connectivity index (χ0v) is 14.8. The fourth-order valence-corrected chi connectivity index (χ4v) is 3.10. The van der Waals surface area contributed by atoms with Crippen molar-refractivity contribution in [3.8, 4) is 16.9 Å². The molecule has 130 valence electrons. The molecular weight excluding hydrogens is 334 g/mol. The van der Waals surface area contributed by atoms with Gasteiger partial charge in [0.2, 0.25) is 0 Å². The van der Waals surface area contributed by atoms with Crippen LogP contribution >= 0.6 is 0 Å². The lowest BCUT2D eigenvalue weighted by Gasteiger charge is -2.07. The standard InChI is InChI=1S/C22H17N5/c1-16-10-8-9-15-19(16)21(24-23)22-20(17-11-4-2-5-12-17)25-26-27(22)18-13-6-3-7-14-18/h2-15H,1H3. The maximum atomic E-state index is 9.94. The predicted molar refractivity (Wildman–Crippen MR) is 105 cm³/mol. The maximum Gasteiger partial charge on any atom is 0.350 e. The van der Waals surface area contributed by atoms with Gasteiger partial charge in [-0.2, -0.15) is 4.79 Å². The lowest BCUT2D eigenvalue weighted by atomic mass is 9.98. The third-order valence-electron chi connectivity index (χ3n) is 4.44. The molecule has 0 aliphatic heterocycles. The molecular formula is C22H17N5. The van der Waals surface area contributed by atoms with Crippen molar-refractivity contribution in [3.05, 3.63) is 107 Å². The highest BCUT2D eigenvalue weighted by Gasteiger charge is 2.29. The second-order valence-electron chi connectivity index (χ2n) is 6.16. The Morgan fingerprint density at radius 1 is 0.852 bits per heavy atom. The van der Waals surface area contributed by atoms with E-state index in [1.165, 1.54) is 0 Å². The van der Waals surface area contributed by atoms with Crippen LogP contribution in [0.5, 0.6) is 0 Å². The molecule has 1 aromatic heterocycles. The van der Waals surface area contributed by atoms with Crippen molar-refractivity contribution < 1.29 is 4.79 Å². The SMILES string of the molecule is Cc1ccccc1C(=[N+]=[N-])c1c(-c2ccccc2)nnn1-c1ccccc1. The van der Waals surface area contributed by atoms with E-state index in [9.17, 15) is 5.53 Å². The van der Waals surface area contributed by atoms with Crippen LogP contribution in [-0.4, -0.2) is 25.5 Å². The number of rotatable bonds is 4. The number of hydrogen-bond donors (Lipinski definition) is 0. The van der Waals surface area contributed by atoms with Crippen molar-refractivity contribution in [1.29, 1.82) is 0 Å². The number of benzene rings is 3. The van der Waals surface area contributed by atoms with Crippen molar-refractivity contribution >= 4 is 5.71 Å². The Kier molecular flexibility index (Phi) is 4.44. The quantitative estimate of drug-likeness (QED) is 0.312. The van der Waals surface area contributed by atoms with Gasteiger partial charge in [0.25, 0.3) is 0 Å². The Hall–Kier alpha value is -3.82. The molecule has 4 rings (SSSR count). The van der Waals surface area contributed by atoms with Gasteiger partial charge in [-0.1, -0.05) is 71.9 Å². The second-order valence-corrected chi connectivity index (χ2v) is 6.16. The highest BCUT2D eigenvalue weighted by Crippen LogP contribution is 2.26. The van der Waals surface area contributed by atoms with Gasteiger partial charge in [-0.3, -0.25) is 0 Å². The van der Waals surface area contributed by atoms with Gasteiger partial charge in [0, 0.05) is 5.56 Å². The summed E-state index contributed by atoms with van der Waals surface area (Å²) in [7, 11) is 0. The van der Waals surface area contributed by atoms with Crippen LogP contribution in [0.3, 0.4) is 0 Å². The molecule has 0 radical (unpaired) electrons. The summed E-state index contributed by atoms with van der Waals surface area (Å²) in [6.07, 6.45) is 0. The van der Waals surface area contributed by atoms with E-state index in [0.29, 0.717) is 17.1 Å². The average Bonchev–Trinajstić information content (AvgIpc) is 3.16. The minimum atomic E-state index is 0.431. The Morgan fingerprint density at radius 3 is 2.15 bits per heavy atom. The van der Waals surface area contributed by atoms with Crippen molar-refractivity contribution in [2.75, 3.05) is 0 Å². The molecule has 1 heterocycles. The molecule has 0 amide bonds. The Balaban J connectivity index is 2.01. The molecule has 0 fully saturated rings. The molecule has 5 nitrogen and oxygen atoms in total. The summed E-state index contributed by atoms with van der Waals surface area (Å²) < 4.78 is 1.71. The lowest BCUT2D eigenvalue weighted by Crippen LogP contribution is -2.14. The van der Waals surface area contributed by atoms with Gasteiger partial charge < -0.3 is 5.53 Å². The summed E-state index contributed by atoms with van der Waals surface area (Å²) >= 11 is 0. The van der Waals surface area contributed by atoms with Crippen LogP contribution in [0.15, 0.2) is 84.9 Å². The molecule has 0 aliphatic rings. The summed E-state index contributed by atoms with van der Waals surface area (Å²) in [6.45, 7) is 1.99. The largest absolute Gasteiger partial charge is 0.361 e. The molecule has 0 saturated carbocycles. The van der Waals surface area contributed by atoms with Crippen LogP contribution in [0.25, 0.3) is 22.5 Å². The van der Waals surface area contributed by atoms with Crippen LogP contribution in [0.2, 0.25) is 0 Å². The summed E-state index contributed by atoms with van der Waals surface area (Å²) in [4.78, 5) is 3.65. The first-order chi connectivity index (χ1) is 13.3. The van der Waals surface area contributed by atoms with Gasteiger partial charge in [0.15, 0.2) is 5.69 Å². The van der Waals surface area contributed by atoms with Gasteiger partial charge in [-0.15, -0.1) is 5.10 Å². The van der Waals surface area contributed by atoms with E-state index in [2.05, 4.69) is 15.1 Å². The van der Waals surface area contributed by atoms with Gasteiger partial charge in [0.1, 0.15) is 5.69 Å². The van der Waals surface area contributed by atoms with Crippen LogP contribution in [0.1, 0.15) is 16.8 Å². The zero-order valence-electron chi connectivity index (χ0n) is 14.8. The van der Waals surface area contributed by atoms with Crippen molar-refractivity contribution in [2.45, 2.75) is 6.92 Å². The van der Waals surface area contributed by atoms with Crippen LogP contribution in [0, 0.1) is 6.92 Å². The Labute approximate surface area is 157 Å². The smallest absolute Gasteiger partial charge is 0.350 e.